The van der Waals surface area contributed by atoms with Gasteiger partial charge >= 0.3 is 5.63 Å². The monoisotopic (exact) mass is 380 g/mol. The highest BCUT2D eigenvalue weighted by Crippen LogP contribution is 2.29. The van der Waals surface area contributed by atoms with Gasteiger partial charge in [-0.3, -0.25) is 0 Å². The van der Waals surface area contributed by atoms with Crippen molar-refractivity contribution >= 4 is 22.7 Å². The van der Waals surface area contributed by atoms with E-state index in [9.17, 15) is 4.79 Å². The smallest absolute Gasteiger partial charge is 0.336 e. The van der Waals surface area contributed by atoms with E-state index in [0.717, 1.165) is 22.2 Å². The molecule has 0 bridgehead atoms. The molecule has 136 valence electrons. The normalized spacial score (nSPS) is 11.0. The molecule has 0 aliphatic rings. The second-order valence-corrected chi connectivity index (χ2v) is 6.87. The van der Waals surface area contributed by atoms with Crippen LogP contribution in [0.1, 0.15) is 11.1 Å². The third-order valence-electron chi connectivity index (χ3n) is 4.10. The van der Waals surface area contributed by atoms with Crippen molar-refractivity contribution in [1.29, 1.82) is 0 Å². The summed E-state index contributed by atoms with van der Waals surface area (Å²) in [5.74, 6) is 1.20. The molecule has 0 radical (unpaired) electrons. The average Bonchev–Trinajstić information content (AvgIpc) is 3.14. The van der Waals surface area contributed by atoms with Gasteiger partial charge in [0.25, 0.3) is 0 Å². The summed E-state index contributed by atoms with van der Waals surface area (Å²) in [6, 6.07) is 14.9. The molecule has 0 amide bonds. The molecule has 4 rings (SSSR count). The zero-order valence-corrected chi connectivity index (χ0v) is 15.6. The Bertz CT molecular complexity index is 1170. The van der Waals surface area contributed by atoms with Crippen LogP contribution in [0.3, 0.4) is 0 Å². The first-order valence-electron chi connectivity index (χ1n) is 8.23. The van der Waals surface area contributed by atoms with Crippen molar-refractivity contribution in [2.24, 2.45) is 0 Å². The number of hydrogen-bond donors (Lipinski definition) is 0. The molecule has 0 fully saturated rings. The summed E-state index contributed by atoms with van der Waals surface area (Å²) in [5.41, 5.74) is 2.88. The van der Waals surface area contributed by atoms with Crippen molar-refractivity contribution < 1.29 is 9.15 Å². The van der Waals surface area contributed by atoms with E-state index in [1.807, 2.05) is 49.4 Å². The molecule has 0 saturated carbocycles. The molecular weight excluding hydrogens is 364 g/mol. The van der Waals surface area contributed by atoms with Crippen molar-refractivity contribution in [2.45, 2.75) is 17.8 Å². The van der Waals surface area contributed by atoms with Gasteiger partial charge in [-0.1, -0.05) is 36.0 Å². The first-order chi connectivity index (χ1) is 13.2. The van der Waals surface area contributed by atoms with E-state index in [2.05, 4.69) is 15.5 Å². The van der Waals surface area contributed by atoms with E-state index in [1.165, 1.54) is 17.8 Å². The van der Waals surface area contributed by atoms with Gasteiger partial charge in [-0.2, -0.15) is 4.68 Å². The Hall–Kier alpha value is -3.13. The van der Waals surface area contributed by atoms with E-state index in [4.69, 9.17) is 9.15 Å². The quantitative estimate of drug-likeness (QED) is 0.388. The lowest BCUT2D eigenvalue weighted by Crippen LogP contribution is -2.03. The van der Waals surface area contributed by atoms with Crippen LogP contribution in [0.15, 0.2) is 62.9 Å². The van der Waals surface area contributed by atoms with E-state index in [-0.39, 0.29) is 5.63 Å². The number of fused-ring (bicyclic) bond motifs is 1. The Kier molecular flexibility index (Phi) is 4.64. The summed E-state index contributed by atoms with van der Waals surface area (Å²) in [7, 11) is 1.60. The molecule has 8 heteroatoms. The zero-order valence-electron chi connectivity index (χ0n) is 14.7. The number of nitrogens with zero attached hydrogens (tertiary/aromatic N) is 4. The molecule has 27 heavy (non-hydrogen) atoms. The van der Waals surface area contributed by atoms with E-state index in [0.29, 0.717) is 22.2 Å². The van der Waals surface area contributed by atoms with Crippen LogP contribution >= 0.6 is 11.8 Å². The SMILES string of the molecule is COc1ccccc1-n1nnnc1SCc1cc(=O)oc2cc(C)ccc12. The molecule has 0 atom stereocenters. The lowest BCUT2D eigenvalue weighted by molar-refractivity contribution is 0.410. The molecule has 0 unspecified atom stereocenters. The fourth-order valence-corrected chi connectivity index (χ4v) is 3.70. The van der Waals surface area contributed by atoms with Crippen LogP contribution in [0.4, 0.5) is 0 Å². The second kappa shape index (κ2) is 7.24. The summed E-state index contributed by atoms with van der Waals surface area (Å²) in [4.78, 5) is 11.9. The van der Waals surface area contributed by atoms with Crippen LogP contribution in [0.2, 0.25) is 0 Å². The molecule has 0 saturated heterocycles. The van der Waals surface area contributed by atoms with Crippen LogP contribution in [0.25, 0.3) is 16.7 Å². The predicted molar refractivity (Wildman–Crippen MR) is 102 cm³/mol. The van der Waals surface area contributed by atoms with Crippen molar-refractivity contribution in [3.8, 4) is 11.4 Å². The summed E-state index contributed by atoms with van der Waals surface area (Å²) < 4.78 is 12.3. The Morgan fingerprint density at radius 2 is 2.04 bits per heavy atom. The van der Waals surface area contributed by atoms with Gasteiger partial charge in [-0.05, 0) is 46.7 Å². The van der Waals surface area contributed by atoms with Crippen LogP contribution < -0.4 is 10.4 Å². The minimum absolute atomic E-state index is 0.368. The number of para-hydroxylation sites is 2. The fraction of sp³-hybridized carbons (Fsp3) is 0.158. The predicted octanol–water partition coefficient (Wildman–Crippen LogP) is 3.38. The Morgan fingerprint density at radius 3 is 2.89 bits per heavy atom. The van der Waals surface area contributed by atoms with Crippen molar-refractivity contribution in [1.82, 2.24) is 20.2 Å². The van der Waals surface area contributed by atoms with Gasteiger partial charge in [0.1, 0.15) is 17.0 Å². The molecule has 2 heterocycles. The molecule has 4 aromatic rings. The highest BCUT2D eigenvalue weighted by molar-refractivity contribution is 7.98. The van der Waals surface area contributed by atoms with Crippen LogP contribution in [0, 0.1) is 6.92 Å². The number of methoxy groups -OCH3 is 1. The highest BCUT2D eigenvalue weighted by Gasteiger charge is 2.14. The molecular formula is C19H16N4O3S. The molecule has 7 nitrogen and oxygen atoms in total. The molecule has 0 N–H and O–H groups in total. The number of rotatable bonds is 5. The van der Waals surface area contributed by atoms with Crippen LogP contribution in [0.5, 0.6) is 5.75 Å². The van der Waals surface area contributed by atoms with Crippen LogP contribution in [-0.2, 0) is 5.75 Å². The Balaban J connectivity index is 1.67. The van der Waals surface area contributed by atoms with Gasteiger partial charge in [-0.25, -0.2) is 4.79 Å². The molecule has 0 aliphatic carbocycles. The number of aryl methyl sites for hydroxylation is 1. The molecule has 0 spiro atoms. The highest BCUT2D eigenvalue weighted by atomic mass is 32.2. The van der Waals surface area contributed by atoms with Gasteiger partial charge in [0.15, 0.2) is 0 Å². The van der Waals surface area contributed by atoms with E-state index >= 15 is 0 Å². The number of ether oxygens (including phenoxy) is 1. The maximum Gasteiger partial charge on any atom is 0.336 e. The lowest BCUT2D eigenvalue weighted by Gasteiger charge is -2.09. The minimum Gasteiger partial charge on any atom is -0.494 e. The number of benzene rings is 2. The van der Waals surface area contributed by atoms with Gasteiger partial charge in [0, 0.05) is 17.2 Å². The number of hydrogen-bond acceptors (Lipinski definition) is 7. The zero-order chi connectivity index (χ0) is 18.8. The van der Waals surface area contributed by atoms with Gasteiger partial charge in [-0.15, -0.1) is 5.10 Å². The molecule has 2 aromatic heterocycles. The van der Waals surface area contributed by atoms with Gasteiger partial charge < -0.3 is 9.15 Å². The summed E-state index contributed by atoms with van der Waals surface area (Å²) in [6.45, 7) is 1.96. The average molecular weight is 380 g/mol. The fourth-order valence-electron chi connectivity index (χ4n) is 2.82. The van der Waals surface area contributed by atoms with Crippen molar-refractivity contribution in [3.05, 3.63) is 70.1 Å². The number of tetrazole rings is 1. The van der Waals surface area contributed by atoms with Crippen molar-refractivity contribution in [2.75, 3.05) is 7.11 Å². The maximum atomic E-state index is 11.9. The summed E-state index contributed by atoms with van der Waals surface area (Å²) in [5, 5.41) is 13.5. The largest absolute Gasteiger partial charge is 0.494 e. The minimum atomic E-state index is -0.368. The van der Waals surface area contributed by atoms with Crippen molar-refractivity contribution in [3.63, 3.8) is 0 Å². The standard InChI is InChI=1S/C19H16N4O3S/c1-12-7-8-14-13(10-18(24)26-17(14)9-12)11-27-19-20-21-22-23(19)15-5-3-4-6-16(15)25-2/h3-10H,11H2,1-2H3. The lowest BCUT2D eigenvalue weighted by atomic mass is 10.1. The molecule has 0 aliphatic heterocycles. The van der Waals surface area contributed by atoms with Gasteiger partial charge in [0.05, 0.1) is 7.11 Å². The second-order valence-electron chi connectivity index (χ2n) is 5.92. The maximum absolute atomic E-state index is 11.9. The van der Waals surface area contributed by atoms with E-state index in [1.54, 1.807) is 11.8 Å². The summed E-state index contributed by atoms with van der Waals surface area (Å²) in [6.07, 6.45) is 0. The third-order valence-corrected chi connectivity index (χ3v) is 5.06. The number of thioether (sulfide) groups is 1. The molecule has 2 aromatic carbocycles. The first-order valence-corrected chi connectivity index (χ1v) is 9.22. The number of aromatic nitrogens is 4. The Labute approximate surface area is 159 Å². The van der Waals surface area contributed by atoms with Crippen LogP contribution in [-0.4, -0.2) is 27.3 Å². The van der Waals surface area contributed by atoms with Gasteiger partial charge in [0.2, 0.25) is 5.16 Å². The van der Waals surface area contributed by atoms with E-state index < -0.39 is 0 Å². The third kappa shape index (κ3) is 3.43. The Morgan fingerprint density at radius 1 is 1.19 bits per heavy atom. The summed E-state index contributed by atoms with van der Waals surface area (Å²) >= 11 is 1.44. The topological polar surface area (TPSA) is 83.0 Å². The first kappa shape index (κ1) is 17.3.